The zero-order valence-electron chi connectivity index (χ0n) is 11.9. The molecule has 1 aliphatic rings. The molecule has 2 heterocycles. The molecule has 0 spiro atoms. The smallest absolute Gasteiger partial charge is 0.311 e. The van der Waals surface area contributed by atoms with E-state index >= 15 is 0 Å². The lowest BCUT2D eigenvalue weighted by Gasteiger charge is -2.35. The van der Waals surface area contributed by atoms with E-state index in [1.165, 1.54) is 0 Å². The van der Waals surface area contributed by atoms with Gasteiger partial charge in [-0.15, -0.1) is 11.3 Å². The Labute approximate surface area is 122 Å². The van der Waals surface area contributed by atoms with Crippen LogP contribution in [0.15, 0.2) is 5.38 Å². The second-order valence-electron chi connectivity index (χ2n) is 4.78. The highest BCUT2D eigenvalue weighted by molar-refractivity contribution is 7.13. The van der Waals surface area contributed by atoms with Crippen molar-refractivity contribution in [1.29, 1.82) is 0 Å². The SMILES string of the molecule is CCOC(=O)Cc1csc(N2CC[C@@H](N)[C@@H](OC)C2)n1. The van der Waals surface area contributed by atoms with Gasteiger partial charge in [0.2, 0.25) is 0 Å². The second-order valence-corrected chi connectivity index (χ2v) is 5.61. The van der Waals surface area contributed by atoms with E-state index in [9.17, 15) is 4.79 Å². The summed E-state index contributed by atoms with van der Waals surface area (Å²) in [4.78, 5) is 18.1. The third-order valence-corrected chi connectivity index (χ3v) is 4.30. The molecule has 1 aromatic rings. The molecule has 1 aliphatic heterocycles. The number of esters is 1. The number of hydrogen-bond donors (Lipinski definition) is 1. The van der Waals surface area contributed by atoms with E-state index in [1.807, 2.05) is 5.38 Å². The van der Waals surface area contributed by atoms with E-state index < -0.39 is 0 Å². The Balaban J connectivity index is 1.96. The standard InChI is InChI=1S/C13H21N3O3S/c1-3-19-12(17)6-9-8-20-13(15-9)16-5-4-10(14)11(7-16)18-2/h8,10-11H,3-7,14H2,1-2H3/t10-,11+/m1/s1. The van der Waals surface area contributed by atoms with Crippen molar-refractivity contribution in [1.82, 2.24) is 4.98 Å². The molecule has 1 aromatic heterocycles. The zero-order valence-corrected chi connectivity index (χ0v) is 12.7. The van der Waals surface area contributed by atoms with Crippen LogP contribution >= 0.6 is 11.3 Å². The minimum atomic E-state index is -0.236. The lowest BCUT2D eigenvalue weighted by Crippen LogP contribution is -2.51. The normalized spacial score (nSPS) is 22.9. The van der Waals surface area contributed by atoms with Crippen LogP contribution in [0.2, 0.25) is 0 Å². The van der Waals surface area contributed by atoms with Crippen LogP contribution < -0.4 is 10.6 Å². The molecular weight excluding hydrogens is 278 g/mol. The zero-order chi connectivity index (χ0) is 14.5. The lowest BCUT2D eigenvalue weighted by molar-refractivity contribution is -0.142. The molecule has 2 atom stereocenters. The average Bonchev–Trinajstić information content (AvgIpc) is 2.88. The first-order valence-electron chi connectivity index (χ1n) is 6.77. The molecule has 0 amide bonds. The van der Waals surface area contributed by atoms with Crippen LogP contribution in [0.5, 0.6) is 0 Å². The molecule has 1 fully saturated rings. The van der Waals surface area contributed by atoms with Crippen LogP contribution in [-0.4, -0.2) is 49.9 Å². The minimum Gasteiger partial charge on any atom is -0.466 e. The highest BCUT2D eigenvalue weighted by atomic mass is 32.1. The summed E-state index contributed by atoms with van der Waals surface area (Å²) in [6, 6.07) is 0.0789. The molecular formula is C13H21N3O3S. The summed E-state index contributed by atoms with van der Waals surface area (Å²) < 4.78 is 10.3. The van der Waals surface area contributed by atoms with Gasteiger partial charge in [0.1, 0.15) is 0 Å². The molecule has 0 bridgehead atoms. The maximum atomic E-state index is 11.4. The molecule has 6 nitrogen and oxygen atoms in total. The van der Waals surface area contributed by atoms with Gasteiger partial charge in [-0.25, -0.2) is 4.98 Å². The number of methoxy groups -OCH3 is 1. The van der Waals surface area contributed by atoms with E-state index in [1.54, 1.807) is 25.4 Å². The second kappa shape index (κ2) is 7.01. The maximum Gasteiger partial charge on any atom is 0.311 e. The molecule has 20 heavy (non-hydrogen) atoms. The summed E-state index contributed by atoms with van der Waals surface area (Å²) in [6.45, 7) is 3.80. The van der Waals surface area contributed by atoms with E-state index in [-0.39, 0.29) is 24.5 Å². The number of nitrogens with zero attached hydrogens (tertiary/aromatic N) is 2. The lowest BCUT2D eigenvalue weighted by atomic mass is 10.0. The number of thiazole rings is 1. The first-order chi connectivity index (χ1) is 9.63. The summed E-state index contributed by atoms with van der Waals surface area (Å²) >= 11 is 1.54. The van der Waals surface area contributed by atoms with Gasteiger partial charge in [0.05, 0.1) is 24.8 Å². The van der Waals surface area contributed by atoms with E-state index in [0.29, 0.717) is 6.61 Å². The molecule has 0 unspecified atom stereocenters. The summed E-state index contributed by atoms with van der Waals surface area (Å²) in [6.07, 6.45) is 1.14. The quantitative estimate of drug-likeness (QED) is 0.810. The van der Waals surface area contributed by atoms with Crippen LogP contribution in [0.4, 0.5) is 5.13 Å². The van der Waals surface area contributed by atoms with Gasteiger partial charge < -0.3 is 20.1 Å². The fraction of sp³-hybridized carbons (Fsp3) is 0.692. The van der Waals surface area contributed by atoms with Crippen LogP contribution in [-0.2, 0) is 20.7 Å². The Morgan fingerprint density at radius 3 is 3.15 bits per heavy atom. The molecule has 0 radical (unpaired) electrons. The van der Waals surface area contributed by atoms with Crippen LogP contribution in [0.1, 0.15) is 19.0 Å². The maximum absolute atomic E-state index is 11.4. The highest BCUT2D eigenvalue weighted by Gasteiger charge is 2.28. The van der Waals surface area contributed by atoms with Crippen LogP contribution in [0.3, 0.4) is 0 Å². The first-order valence-corrected chi connectivity index (χ1v) is 7.65. The van der Waals surface area contributed by atoms with Gasteiger partial charge in [-0.2, -0.15) is 0 Å². The van der Waals surface area contributed by atoms with Gasteiger partial charge in [-0.05, 0) is 13.3 Å². The third kappa shape index (κ3) is 3.68. The number of anilines is 1. The van der Waals surface area contributed by atoms with Crippen LogP contribution in [0.25, 0.3) is 0 Å². The number of nitrogens with two attached hydrogens (primary N) is 1. The number of aromatic nitrogens is 1. The number of carbonyl (C=O) groups excluding carboxylic acids is 1. The van der Waals surface area contributed by atoms with Crippen LogP contribution in [0, 0.1) is 0 Å². The minimum absolute atomic E-state index is 0.0288. The Morgan fingerprint density at radius 1 is 1.65 bits per heavy atom. The molecule has 7 heteroatoms. The Hall–Kier alpha value is -1.18. The molecule has 0 aromatic carbocycles. The first kappa shape index (κ1) is 15.2. The number of piperidine rings is 1. The van der Waals surface area contributed by atoms with Crippen molar-refractivity contribution in [3.63, 3.8) is 0 Å². The summed E-state index contributed by atoms with van der Waals surface area (Å²) in [5, 5.41) is 2.82. The topological polar surface area (TPSA) is 77.7 Å². The van der Waals surface area contributed by atoms with Gasteiger partial charge in [0.15, 0.2) is 5.13 Å². The monoisotopic (exact) mass is 299 g/mol. The third-order valence-electron chi connectivity index (χ3n) is 3.35. The Bertz CT molecular complexity index is 452. The van der Waals surface area contributed by atoms with Crippen molar-refractivity contribution in [3.8, 4) is 0 Å². The van der Waals surface area contributed by atoms with E-state index in [2.05, 4.69) is 9.88 Å². The van der Waals surface area contributed by atoms with Crippen molar-refractivity contribution in [2.45, 2.75) is 31.9 Å². The molecule has 0 saturated carbocycles. The molecule has 2 rings (SSSR count). The summed E-state index contributed by atoms with van der Waals surface area (Å²) in [5.41, 5.74) is 6.76. The molecule has 112 valence electrons. The van der Waals surface area contributed by atoms with E-state index in [0.717, 1.165) is 30.3 Å². The highest BCUT2D eigenvalue weighted by Crippen LogP contribution is 2.25. The van der Waals surface area contributed by atoms with Gasteiger partial charge in [0.25, 0.3) is 0 Å². The van der Waals surface area contributed by atoms with Gasteiger partial charge in [-0.1, -0.05) is 0 Å². The predicted octanol–water partition coefficient (Wildman–Crippen LogP) is 0.801. The molecule has 1 saturated heterocycles. The summed E-state index contributed by atoms with van der Waals surface area (Å²) in [7, 11) is 1.68. The van der Waals surface area contributed by atoms with Crippen molar-refractivity contribution in [2.24, 2.45) is 5.73 Å². The predicted molar refractivity (Wildman–Crippen MR) is 78.1 cm³/mol. The van der Waals surface area contributed by atoms with E-state index in [4.69, 9.17) is 15.2 Å². The largest absolute Gasteiger partial charge is 0.466 e. The number of hydrogen-bond acceptors (Lipinski definition) is 7. The number of rotatable bonds is 5. The fourth-order valence-corrected chi connectivity index (χ4v) is 3.10. The van der Waals surface area contributed by atoms with Crippen molar-refractivity contribution >= 4 is 22.4 Å². The van der Waals surface area contributed by atoms with Gasteiger partial charge in [-0.3, -0.25) is 4.79 Å². The average molecular weight is 299 g/mol. The molecule has 2 N–H and O–H groups in total. The number of carbonyl (C=O) groups is 1. The molecule has 0 aliphatic carbocycles. The van der Waals surface area contributed by atoms with Crippen molar-refractivity contribution < 1.29 is 14.3 Å². The van der Waals surface area contributed by atoms with Crippen molar-refractivity contribution in [2.75, 3.05) is 31.7 Å². The van der Waals surface area contributed by atoms with Gasteiger partial charge >= 0.3 is 5.97 Å². The van der Waals surface area contributed by atoms with Crippen molar-refractivity contribution in [3.05, 3.63) is 11.1 Å². The Morgan fingerprint density at radius 2 is 2.45 bits per heavy atom. The fourth-order valence-electron chi connectivity index (χ4n) is 2.24. The summed E-state index contributed by atoms with van der Waals surface area (Å²) in [5.74, 6) is -0.236. The number of ether oxygens (including phenoxy) is 2. The Kier molecular flexibility index (Phi) is 5.33. The van der Waals surface area contributed by atoms with Gasteiger partial charge in [0, 0.05) is 31.6 Å².